The first-order valence-corrected chi connectivity index (χ1v) is 4.61. The van der Waals surface area contributed by atoms with Gasteiger partial charge in [-0.2, -0.15) is 0 Å². The third kappa shape index (κ3) is 2.57. The van der Waals surface area contributed by atoms with Crippen molar-refractivity contribution in [2.45, 2.75) is 6.43 Å². The van der Waals surface area contributed by atoms with Gasteiger partial charge in [-0.3, -0.25) is 9.78 Å². The number of hydrogen-bond donors (Lipinski definition) is 0. The first kappa shape index (κ1) is 10.8. The number of nitrogens with zero attached hydrogens (tertiary/aromatic N) is 1. The summed E-state index contributed by atoms with van der Waals surface area (Å²) in [4.78, 5) is 14.0. The van der Waals surface area contributed by atoms with Crippen molar-refractivity contribution in [3.63, 3.8) is 0 Å². The number of carbonyl (C=O) groups is 1. The summed E-state index contributed by atoms with van der Waals surface area (Å²) in [5.74, 6) is 0. The van der Waals surface area contributed by atoms with E-state index in [0.29, 0.717) is 0 Å². The Morgan fingerprint density at radius 2 is 2.23 bits per heavy atom. The average molecular weight is 317 g/mol. The summed E-state index contributed by atoms with van der Waals surface area (Å²) < 4.78 is 24.6. The largest absolute Gasteiger partial charge is 0.281 e. The standard InChI is InChI=1S/C7H3ClF2INO/c8-6(13)3-1-4(11)5(7(9)10)12-2-3/h1-2,7H. The Morgan fingerprint density at radius 3 is 2.62 bits per heavy atom. The topological polar surface area (TPSA) is 30.0 Å². The van der Waals surface area contributed by atoms with Gasteiger partial charge in [-0.25, -0.2) is 8.78 Å². The summed E-state index contributed by atoms with van der Waals surface area (Å²) in [6, 6.07) is 1.28. The zero-order valence-electron chi connectivity index (χ0n) is 6.10. The Kier molecular flexibility index (Phi) is 3.55. The summed E-state index contributed by atoms with van der Waals surface area (Å²) in [5.41, 5.74) is -0.210. The molecule has 1 rings (SSSR count). The van der Waals surface area contributed by atoms with Crippen molar-refractivity contribution in [3.8, 4) is 0 Å². The van der Waals surface area contributed by atoms with E-state index in [1.54, 1.807) is 22.6 Å². The second-order valence-electron chi connectivity index (χ2n) is 2.17. The molecule has 0 atom stereocenters. The Hall–Kier alpha value is -0.300. The number of pyridine rings is 1. The molecular formula is C7H3ClF2INO. The highest BCUT2D eigenvalue weighted by Crippen LogP contribution is 2.22. The molecule has 1 aromatic rings. The smallest absolute Gasteiger partial charge is 0.276 e. The molecule has 0 bridgehead atoms. The molecule has 0 fully saturated rings. The van der Waals surface area contributed by atoms with E-state index in [1.165, 1.54) is 6.07 Å². The molecule has 0 radical (unpaired) electrons. The number of rotatable bonds is 2. The first-order valence-electron chi connectivity index (χ1n) is 3.16. The van der Waals surface area contributed by atoms with Crippen LogP contribution in [0.1, 0.15) is 22.5 Å². The molecule has 13 heavy (non-hydrogen) atoms. The molecule has 0 N–H and O–H groups in total. The van der Waals surface area contributed by atoms with Crippen LogP contribution in [0.3, 0.4) is 0 Å². The van der Waals surface area contributed by atoms with Crippen LogP contribution in [0.2, 0.25) is 0 Å². The zero-order valence-corrected chi connectivity index (χ0v) is 9.01. The maximum absolute atomic E-state index is 12.2. The van der Waals surface area contributed by atoms with Gasteiger partial charge in [-0.15, -0.1) is 0 Å². The van der Waals surface area contributed by atoms with Crippen molar-refractivity contribution in [1.29, 1.82) is 0 Å². The van der Waals surface area contributed by atoms with Crippen molar-refractivity contribution >= 4 is 39.4 Å². The van der Waals surface area contributed by atoms with Gasteiger partial charge in [0.2, 0.25) is 0 Å². The molecule has 6 heteroatoms. The molecule has 0 aliphatic rings. The number of carbonyl (C=O) groups excluding carboxylic acids is 1. The van der Waals surface area contributed by atoms with Crippen molar-refractivity contribution in [3.05, 3.63) is 27.1 Å². The molecule has 70 valence electrons. The van der Waals surface area contributed by atoms with Gasteiger partial charge in [0, 0.05) is 9.77 Å². The highest BCUT2D eigenvalue weighted by molar-refractivity contribution is 14.1. The lowest BCUT2D eigenvalue weighted by Gasteiger charge is -2.02. The van der Waals surface area contributed by atoms with Gasteiger partial charge in [0.05, 0.1) is 5.56 Å². The van der Waals surface area contributed by atoms with E-state index in [0.717, 1.165) is 6.20 Å². The fraction of sp³-hybridized carbons (Fsp3) is 0.143. The van der Waals surface area contributed by atoms with Gasteiger partial charge in [-0.05, 0) is 40.3 Å². The Morgan fingerprint density at radius 1 is 1.62 bits per heavy atom. The van der Waals surface area contributed by atoms with Crippen LogP contribution in [0.4, 0.5) is 8.78 Å². The Bertz CT molecular complexity index is 345. The summed E-state index contributed by atoms with van der Waals surface area (Å²) in [6.45, 7) is 0. The lowest BCUT2D eigenvalue weighted by molar-refractivity contribution is 0.107. The molecule has 0 unspecified atom stereocenters. The highest BCUT2D eigenvalue weighted by atomic mass is 127. The average Bonchev–Trinajstić information content (AvgIpc) is 2.03. The van der Waals surface area contributed by atoms with E-state index in [1.807, 2.05) is 0 Å². The van der Waals surface area contributed by atoms with Gasteiger partial charge in [0.15, 0.2) is 0 Å². The van der Waals surface area contributed by atoms with Crippen LogP contribution >= 0.6 is 34.2 Å². The monoisotopic (exact) mass is 317 g/mol. The Labute approximate surface area is 91.4 Å². The molecule has 0 spiro atoms. The molecular weight excluding hydrogens is 314 g/mol. The molecule has 0 saturated heterocycles. The van der Waals surface area contributed by atoms with Crippen LogP contribution in [-0.4, -0.2) is 10.2 Å². The number of hydrogen-bond acceptors (Lipinski definition) is 2. The van der Waals surface area contributed by atoms with Crippen molar-refractivity contribution in [2.24, 2.45) is 0 Å². The first-order chi connectivity index (χ1) is 6.02. The van der Waals surface area contributed by atoms with E-state index in [4.69, 9.17) is 11.6 Å². The van der Waals surface area contributed by atoms with Crippen LogP contribution in [0.25, 0.3) is 0 Å². The molecule has 0 aliphatic heterocycles. The normalized spacial score (nSPS) is 10.5. The predicted molar refractivity (Wildman–Crippen MR) is 52.1 cm³/mol. The van der Waals surface area contributed by atoms with E-state index in [9.17, 15) is 13.6 Å². The summed E-state index contributed by atoms with van der Waals surface area (Å²) in [6.07, 6.45) is -1.59. The third-order valence-corrected chi connectivity index (χ3v) is 2.39. The molecule has 0 aromatic carbocycles. The van der Waals surface area contributed by atoms with Crippen LogP contribution in [0.15, 0.2) is 12.3 Å². The second-order valence-corrected chi connectivity index (χ2v) is 3.67. The van der Waals surface area contributed by atoms with Crippen LogP contribution < -0.4 is 0 Å². The van der Waals surface area contributed by atoms with E-state index < -0.39 is 11.7 Å². The second kappa shape index (κ2) is 4.28. The van der Waals surface area contributed by atoms with Gasteiger partial charge in [0.1, 0.15) is 5.69 Å². The van der Waals surface area contributed by atoms with Crippen molar-refractivity contribution in [1.82, 2.24) is 4.98 Å². The minimum atomic E-state index is -2.63. The van der Waals surface area contributed by atoms with Gasteiger partial charge in [0.25, 0.3) is 11.7 Å². The summed E-state index contributed by atoms with van der Waals surface area (Å²) in [7, 11) is 0. The third-order valence-electron chi connectivity index (χ3n) is 1.30. The lowest BCUT2D eigenvalue weighted by atomic mass is 10.3. The number of alkyl halides is 2. The van der Waals surface area contributed by atoms with E-state index in [2.05, 4.69) is 4.98 Å². The molecule has 0 aliphatic carbocycles. The highest BCUT2D eigenvalue weighted by Gasteiger charge is 2.14. The van der Waals surface area contributed by atoms with Crippen molar-refractivity contribution in [2.75, 3.05) is 0 Å². The molecule has 2 nitrogen and oxygen atoms in total. The predicted octanol–water partition coefficient (Wildman–Crippen LogP) is 3.00. The quantitative estimate of drug-likeness (QED) is 0.620. The molecule has 1 aromatic heterocycles. The maximum Gasteiger partial charge on any atom is 0.281 e. The summed E-state index contributed by atoms with van der Waals surface area (Å²) in [5, 5.41) is -0.703. The zero-order chi connectivity index (χ0) is 10.0. The molecule has 0 amide bonds. The van der Waals surface area contributed by atoms with Gasteiger partial charge in [-0.1, -0.05) is 0 Å². The van der Waals surface area contributed by atoms with E-state index in [-0.39, 0.29) is 14.8 Å². The SMILES string of the molecule is O=C(Cl)c1cnc(C(F)F)c(I)c1. The maximum atomic E-state index is 12.2. The molecule has 0 saturated carbocycles. The van der Waals surface area contributed by atoms with E-state index >= 15 is 0 Å². The lowest BCUT2D eigenvalue weighted by Crippen LogP contribution is -1.98. The van der Waals surface area contributed by atoms with Gasteiger partial charge >= 0.3 is 0 Å². The molecule has 1 heterocycles. The van der Waals surface area contributed by atoms with Crippen LogP contribution in [-0.2, 0) is 0 Å². The number of aromatic nitrogens is 1. The van der Waals surface area contributed by atoms with Crippen LogP contribution in [0.5, 0.6) is 0 Å². The minimum Gasteiger partial charge on any atom is -0.276 e. The van der Waals surface area contributed by atoms with Crippen molar-refractivity contribution < 1.29 is 13.6 Å². The van der Waals surface area contributed by atoms with Gasteiger partial charge < -0.3 is 0 Å². The fourth-order valence-electron chi connectivity index (χ4n) is 0.717. The summed E-state index contributed by atoms with van der Waals surface area (Å²) >= 11 is 6.82. The fourth-order valence-corrected chi connectivity index (χ4v) is 1.53. The number of halogens is 4. The minimum absolute atomic E-state index is 0.121. The van der Waals surface area contributed by atoms with Crippen LogP contribution in [0, 0.1) is 3.57 Å². The Balaban J connectivity index is 3.13.